The van der Waals surface area contributed by atoms with Crippen LogP contribution >= 0.6 is 0 Å². The minimum atomic E-state index is -0.511. The van der Waals surface area contributed by atoms with Crippen LogP contribution in [0.5, 0.6) is 0 Å². The van der Waals surface area contributed by atoms with Gasteiger partial charge in [-0.05, 0) is 43.4 Å². The average molecular weight is 306 g/mol. The van der Waals surface area contributed by atoms with Crippen molar-refractivity contribution in [3.63, 3.8) is 0 Å². The zero-order chi connectivity index (χ0) is 15.9. The molecule has 1 aromatic carbocycles. The SMILES string of the molecule is CC1(C(=O)Nc2ccn3nccc3n2)CCCc2ccccc21. The van der Waals surface area contributed by atoms with Crippen LogP contribution in [0.2, 0.25) is 0 Å². The van der Waals surface area contributed by atoms with Gasteiger partial charge in [0.15, 0.2) is 5.65 Å². The number of fused-ring (bicyclic) bond motifs is 2. The molecule has 0 spiro atoms. The number of nitrogens with one attached hydrogen (secondary N) is 1. The van der Waals surface area contributed by atoms with Crippen molar-refractivity contribution in [2.24, 2.45) is 0 Å². The molecule has 1 amide bonds. The number of carbonyl (C=O) groups is 1. The summed E-state index contributed by atoms with van der Waals surface area (Å²) in [6.07, 6.45) is 6.40. The second-order valence-corrected chi connectivity index (χ2v) is 6.24. The van der Waals surface area contributed by atoms with E-state index in [1.165, 1.54) is 5.56 Å². The Morgan fingerprint density at radius 1 is 1.26 bits per heavy atom. The Morgan fingerprint density at radius 2 is 2.13 bits per heavy atom. The summed E-state index contributed by atoms with van der Waals surface area (Å²) in [5, 5.41) is 7.10. The van der Waals surface area contributed by atoms with Crippen LogP contribution in [0.1, 0.15) is 30.9 Å². The molecule has 5 heteroatoms. The third-order valence-corrected chi connectivity index (χ3v) is 4.74. The average Bonchev–Trinajstić information content (AvgIpc) is 3.03. The van der Waals surface area contributed by atoms with Gasteiger partial charge in [0.1, 0.15) is 5.82 Å². The van der Waals surface area contributed by atoms with Crippen molar-refractivity contribution in [2.75, 3.05) is 5.32 Å². The van der Waals surface area contributed by atoms with E-state index in [1.54, 1.807) is 23.0 Å². The molecule has 1 unspecified atom stereocenters. The van der Waals surface area contributed by atoms with E-state index in [0.29, 0.717) is 5.82 Å². The molecule has 2 aromatic heterocycles. The molecule has 0 saturated heterocycles. The number of nitrogens with zero attached hydrogens (tertiary/aromatic N) is 3. The first-order valence-corrected chi connectivity index (χ1v) is 7.87. The van der Waals surface area contributed by atoms with E-state index in [-0.39, 0.29) is 5.91 Å². The number of carbonyl (C=O) groups excluding carboxylic acids is 1. The number of hydrogen-bond acceptors (Lipinski definition) is 3. The zero-order valence-corrected chi connectivity index (χ0v) is 13.0. The third-order valence-electron chi connectivity index (χ3n) is 4.74. The van der Waals surface area contributed by atoms with Crippen LogP contribution in [0.15, 0.2) is 48.8 Å². The molecule has 23 heavy (non-hydrogen) atoms. The lowest BCUT2D eigenvalue weighted by molar-refractivity contribution is -0.121. The fourth-order valence-electron chi connectivity index (χ4n) is 3.42. The predicted octanol–water partition coefficient (Wildman–Crippen LogP) is 2.96. The first-order valence-electron chi connectivity index (χ1n) is 7.87. The van der Waals surface area contributed by atoms with Gasteiger partial charge in [0.2, 0.25) is 5.91 Å². The van der Waals surface area contributed by atoms with Crippen molar-refractivity contribution in [1.82, 2.24) is 14.6 Å². The van der Waals surface area contributed by atoms with Crippen LogP contribution in [0.4, 0.5) is 5.82 Å². The lowest BCUT2D eigenvalue weighted by atomic mass is 9.70. The summed E-state index contributed by atoms with van der Waals surface area (Å²) in [5.74, 6) is 0.563. The number of rotatable bonds is 2. The lowest BCUT2D eigenvalue weighted by Crippen LogP contribution is -2.40. The molecule has 0 fully saturated rings. The molecule has 0 radical (unpaired) electrons. The van der Waals surface area contributed by atoms with E-state index in [0.717, 1.165) is 30.5 Å². The second kappa shape index (κ2) is 5.19. The standard InChI is InChI=1S/C18H18N4O/c1-18(10-4-6-13-5-2-3-7-14(13)18)17(23)21-15-9-12-22-16(20-15)8-11-19-22/h2-3,5,7-9,11-12H,4,6,10H2,1H3,(H,20,21,23). The van der Waals surface area contributed by atoms with Gasteiger partial charge in [0, 0.05) is 12.3 Å². The molecule has 2 heterocycles. The van der Waals surface area contributed by atoms with E-state index in [1.807, 2.05) is 25.1 Å². The minimum Gasteiger partial charge on any atom is -0.310 e. The molecule has 0 aliphatic heterocycles. The molecule has 4 rings (SSSR count). The van der Waals surface area contributed by atoms with Gasteiger partial charge in [0.25, 0.3) is 0 Å². The Hall–Kier alpha value is -2.69. The molecule has 3 aromatic rings. The molecule has 116 valence electrons. The summed E-state index contributed by atoms with van der Waals surface area (Å²) in [6, 6.07) is 11.8. The Bertz CT molecular complexity index is 885. The third kappa shape index (κ3) is 2.29. The summed E-state index contributed by atoms with van der Waals surface area (Å²) in [6.45, 7) is 2.03. The summed E-state index contributed by atoms with van der Waals surface area (Å²) in [7, 11) is 0. The molecule has 5 nitrogen and oxygen atoms in total. The highest BCUT2D eigenvalue weighted by Gasteiger charge is 2.38. The Labute approximate surface area is 134 Å². The summed E-state index contributed by atoms with van der Waals surface area (Å²) in [5.41, 5.74) is 2.62. The van der Waals surface area contributed by atoms with Crippen LogP contribution in [0.25, 0.3) is 5.65 Å². The van der Waals surface area contributed by atoms with Crippen molar-refractivity contribution >= 4 is 17.4 Å². The van der Waals surface area contributed by atoms with E-state index < -0.39 is 5.41 Å². The smallest absolute Gasteiger partial charge is 0.235 e. The Kier molecular flexibility index (Phi) is 3.15. The number of anilines is 1. The van der Waals surface area contributed by atoms with E-state index in [9.17, 15) is 4.79 Å². The van der Waals surface area contributed by atoms with Crippen LogP contribution in [0, 0.1) is 0 Å². The van der Waals surface area contributed by atoms with Crippen LogP contribution in [0.3, 0.4) is 0 Å². The number of aromatic nitrogens is 3. The maximum absolute atomic E-state index is 13.0. The summed E-state index contributed by atoms with van der Waals surface area (Å²) < 4.78 is 1.67. The van der Waals surface area contributed by atoms with Gasteiger partial charge in [-0.15, -0.1) is 0 Å². The monoisotopic (exact) mass is 306 g/mol. The van der Waals surface area contributed by atoms with Crippen molar-refractivity contribution in [3.8, 4) is 0 Å². The van der Waals surface area contributed by atoms with Crippen molar-refractivity contribution in [1.29, 1.82) is 0 Å². The molecule has 1 N–H and O–H groups in total. The molecular weight excluding hydrogens is 288 g/mol. The van der Waals surface area contributed by atoms with Crippen LogP contribution < -0.4 is 5.32 Å². The fraction of sp³-hybridized carbons (Fsp3) is 0.278. The maximum Gasteiger partial charge on any atom is 0.235 e. The van der Waals surface area contributed by atoms with Crippen molar-refractivity contribution in [3.05, 3.63) is 59.9 Å². The highest BCUT2D eigenvalue weighted by Crippen LogP contribution is 2.37. The molecule has 0 saturated carbocycles. The summed E-state index contributed by atoms with van der Waals surface area (Å²) >= 11 is 0. The quantitative estimate of drug-likeness (QED) is 0.792. The fourth-order valence-corrected chi connectivity index (χ4v) is 3.42. The number of hydrogen-bond donors (Lipinski definition) is 1. The van der Waals surface area contributed by atoms with Gasteiger partial charge in [-0.1, -0.05) is 24.3 Å². The molecule has 1 aliphatic rings. The largest absolute Gasteiger partial charge is 0.310 e. The van der Waals surface area contributed by atoms with Crippen molar-refractivity contribution in [2.45, 2.75) is 31.6 Å². The number of amides is 1. The predicted molar refractivity (Wildman–Crippen MR) is 88.3 cm³/mol. The van der Waals surface area contributed by atoms with Gasteiger partial charge >= 0.3 is 0 Å². The van der Waals surface area contributed by atoms with Crippen molar-refractivity contribution < 1.29 is 4.79 Å². The Morgan fingerprint density at radius 3 is 3.04 bits per heavy atom. The highest BCUT2D eigenvalue weighted by molar-refractivity contribution is 5.98. The van der Waals surface area contributed by atoms with Gasteiger partial charge in [-0.3, -0.25) is 4.79 Å². The van der Waals surface area contributed by atoms with E-state index in [2.05, 4.69) is 27.5 Å². The number of aryl methyl sites for hydroxylation is 1. The van der Waals surface area contributed by atoms with E-state index >= 15 is 0 Å². The van der Waals surface area contributed by atoms with Gasteiger partial charge in [-0.2, -0.15) is 5.10 Å². The van der Waals surface area contributed by atoms with Crippen LogP contribution in [-0.4, -0.2) is 20.5 Å². The molecule has 1 aliphatic carbocycles. The molecular formula is C18H18N4O. The second-order valence-electron chi connectivity index (χ2n) is 6.24. The lowest BCUT2D eigenvalue weighted by Gasteiger charge is -2.34. The number of benzene rings is 1. The zero-order valence-electron chi connectivity index (χ0n) is 13.0. The van der Waals surface area contributed by atoms with Gasteiger partial charge < -0.3 is 5.32 Å². The molecule has 0 bridgehead atoms. The highest BCUT2D eigenvalue weighted by atomic mass is 16.2. The minimum absolute atomic E-state index is 0.000940. The summed E-state index contributed by atoms with van der Waals surface area (Å²) in [4.78, 5) is 17.4. The topological polar surface area (TPSA) is 59.3 Å². The van der Waals surface area contributed by atoms with Crippen LogP contribution in [-0.2, 0) is 16.6 Å². The Balaban J connectivity index is 1.66. The first-order chi connectivity index (χ1) is 11.2. The first kappa shape index (κ1) is 13.9. The van der Waals surface area contributed by atoms with Gasteiger partial charge in [0.05, 0.1) is 11.6 Å². The normalized spacial score (nSPS) is 20.2. The maximum atomic E-state index is 13.0. The van der Waals surface area contributed by atoms with E-state index in [4.69, 9.17) is 0 Å². The molecule has 1 atom stereocenters. The van der Waals surface area contributed by atoms with Gasteiger partial charge in [-0.25, -0.2) is 9.50 Å².